The quantitative estimate of drug-likeness (QED) is 0.572. The first kappa shape index (κ1) is 16.1. The lowest BCUT2D eigenvalue weighted by atomic mass is 9.68. The first-order chi connectivity index (χ1) is 10.9. The minimum atomic E-state index is -0.880. The molecule has 0 fully saturated rings. The van der Waals surface area contributed by atoms with Gasteiger partial charge in [0.15, 0.2) is 0 Å². The highest BCUT2D eigenvalue weighted by atomic mass is 35.5. The Hall–Kier alpha value is -1.81. The van der Waals surface area contributed by atoms with Gasteiger partial charge < -0.3 is 4.74 Å². The van der Waals surface area contributed by atoms with Crippen molar-refractivity contribution in [3.63, 3.8) is 0 Å². The summed E-state index contributed by atoms with van der Waals surface area (Å²) in [6.07, 6.45) is 0.553. The molecular formula is C18H20ClNO3. The van der Waals surface area contributed by atoms with Crippen LogP contribution in [0.1, 0.15) is 39.2 Å². The fourth-order valence-electron chi connectivity index (χ4n) is 3.61. The highest BCUT2D eigenvalue weighted by Gasteiger charge is 2.58. The smallest absolute Gasteiger partial charge is 0.421 e. The SMILES string of the molecule is CCOC(=O)N1C(=O)[C@]2(CC(C)=C(C)C[C@@H]2Cl)c2ccccc21. The van der Waals surface area contributed by atoms with Crippen molar-refractivity contribution in [2.24, 2.45) is 0 Å². The molecule has 0 radical (unpaired) electrons. The Morgan fingerprint density at radius 2 is 2.04 bits per heavy atom. The van der Waals surface area contributed by atoms with E-state index in [4.69, 9.17) is 16.3 Å². The molecule has 0 aromatic heterocycles. The number of ether oxygens (including phenoxy) is 1. The van der Waals surface area contributed by atoms with Crippen molar-refractivity contribution in [2.75, 3.05) is 11.5 Å². The molecule has 23 heavy (non-hydrogen) atoms. The Morgan fingerprint density at radius 3 is 2.74 bits per heavy atom. The third kappa shape index (κ3) is 2.19. The molecule has 122 valence electrons. The second kappa shape index (κ2) is 5.68. The van der Waals surface area contributed by atoms with Crippen molar-refractivity contribution >= 4 is 29.3 Å². The lowest BCUT2D eigenvalue weighted by Gasteiger charge is -2.37. The minimum absolute atomic E-state index is 0.222. The largest absolute Gasteiger partial charge is 0.449 e. The van der Waals surface area contributed by atoms with Gasteiger partial charge in [-0.05, 0) is 45.2 Å². The zero-order valence-corrected chi connectivity index (χ0v) is 14.3. The summed E-state index contributed by atoms with van der Waals surface area (Å²) >= 11 is 6.68. The number of anilines is 1. The van der Waals surface area contributed by atoms with Crippen LogP contribution in [0.3, 0.4) is 0 Å². The number of fused-ring (bicyclic) bond motifs is 2. The lowest BCUT2D eigenvalue weighted by Crippen LogP contribution is -2.50. The molecule has 1 aromatic rings. The number of imide groups is 1. The molecule has 5 heteroatoms. The summed E-state index contributed by atoms with van der Waals surface area (Å²) in [5, 5.41) is -0.376. The Morgan fingerprint density at radius 1 is 1.35 bits per heavy atom. The lowest BCUT2D eigenvalue weighted by molar-refractivity contribution is -0.123. The minimum Gasteiger partial charge on any atom is -0.449 e. The maximum Gasteiger partial charge on any atom is 0.421 e. The van der Waals surface area contributed by atoms with Gasteiger partial charge in [0.25, 0.3) is 0 Å². The highest BCUT2D eigenvalue weighted by molar-refractivity contribution is 6.29. The molecule has 3 rings (SSSR count). The van der Waals surface area contributed by atoms with Crippen LogP contribution in [0.25, 0.3) is 0 Å². The fraction of sp³-hybridized carbons (Fsp3) is 0.444. The number of para-hydroxylation sites is 1. The summed E-state index contributed by atoms with van der Waals surface area (Å²) in [4.78, 5) is 26.7. The van der Waals surface area contributed by atoms with Crippen molar-refractivity contribution in [3.05, 3.63) is 41.0 Å². The molecule has 1 aliphatic carbocycles. The Balaban J connectivity index is 2.17. The van der Waals surface area contributed by atoms with Crippen molar-refractivity contribution in [1.29, 1.82) is 0 Å². The number of allylic oxidation sites excluding steroid dienone is 2. The van der Waals surface area contributed by atoms with Crippen LogP contribution in [-0.4, -0.2) is 24.0 Å². The summed E-state index contributed by atoms with van der Waals surface area (Å²) in [5.74, 6) is -0.274. The normalized spacial score (nSPS) is 26.7. The van der Waals surface area contributed by atoms with Crippen molar-refractivity contribution in [3.8, 4) is 0 Å². The van der Waals surface area contributed by atoms with Gasteiger partial charge in [-0.15, -0.1) is 11.6 Å². The zero-order valence-electron chi connectivity index (χ0n) is 13.6. The number of hydrogen-bond donors (Lipinski definition) is 0. The third-order valence-electron chi connectivity index (χ3n) is 4.95. The van der Waals surface area contributed by atoms with E-state index < -0.39 is 11.5 Å². The topological polar surface area (TPSA) is 46.6 Å². The van der Waals surface area contributed by atoms with Crippen LogP contribution >= 0.6 is 11.6 Å². The first-order valence-electron chi connectivity index (χ1n) is 7.83. The number of hydrogen-bond acceptors (Lipinski definition) is 3. The maximum atomic E-state index is 13.2. The number of carbonyl (C=O) groups excluding carboxylic acids is 2. The monoisotopic (exact) mass is 333 g/mol. The fourth-order valence-corrected chi connectivity index (χ4v) is 4.13. The third-order valence-corrected chi connectivity index (χ3v) is 5.48. The van der Waals surface area contributed by atoms with E-state index in [1.165, 1.54) is 5.57 Å². The van der Waals surface area contributed by atoms with Crippen LogP contribution in [-0.2, 0) is 14.9 Å². The van der Waals surface area contributed by atoms with Gasteiger partial charge in [0.2, 0.25) is 5.91 Å². The molecule has 2 atom stereocenters. The number of nitrogens with zero attached hydrogens (tertiary/aromatic N) is 1. The Kier molecular flexibility index (Phi) is 3.96. The average Bonchev–Trinajstić information content (AvgIpc) is 2.76. The van der Waals surface area contributed by atoms with Gasteiger partial charge >= 0.3 is 6.09 Å². The van der Waals surface area contributed by atoms with E-state index in [0.717, 1.165) is 16.0 Å². The zero-order chi connectivity index (χ0) is 16.8. The van der Waals surface area contributed by atoms with Gasteiger partial charge in [-0.3, -0.25) is 4.79 Å². The van der Waals surface area contributed by atoms with E-state index in [-0.39, 0.29) is 17.9 Å². The van der Waals surface area contributed by atoms with Crippen LogP contribution in [0.4, 0.5) is 10.5 Å². The number of rotatable bonds is 1. The second-order valence-corrected chi connectivity index (χ2v) is 6.76. The molecule has 2 amide bonds. The summed E-state index contributed by atoms with van der Waals surface area (Å²) in [6, 6.07) is 7.38. The van der Waals surface area contributed by atoms with Gasteiger partial charge in [0.1, 0.15) is 0 Å². The standard InChI is InChI=1S/C18H20ClNO3/c1-4-23-17(22)20-14-8-6-5-7-13(14)18(16(20)21)10-12(3)11(2)9-15(18)19/h5-8,15H,4,9-10H2,1-3H3/t15-,18+/m0/s1. The van der Waals surface area contributed by atoms with Crippen LogP contribution in [0, 0.1) is 0 Å². The predicted molar refractivity (Wildman–Crippen MR) is 89.9 cm³/mol. The van der Waals surface area contributed by atoms with Crippen LogP contribution in [0.5, 0.6) is 0 Å². The molecular weight excluding hydrogens is 314 g/mol. The van der Waals surface area contributed by atoms with Crippen molar-refractivity contribution in [1.82, 2.24) is 0 Å². The van der Waals surface area contributed by atoms with Crippen LogP contribution < -0.4 is 4.90 Å². The molecule has 1 aromatic carbocycles. The molecule has 0 saturated carbocycles. The number of carbonyl (C=O) groups is 2. The Labute approximate surface area is 141 Å². The molecule has 0 unspecified atom stereocenters. The van der Waals surface area contributed by atoms with E-state index in [1.807, 2.05) is 32.0 Å². The van der Waals surface area contributed by atoms with Gasteiger partial charge in [-0.1, -0.05) is 29.3 Å². The van der Waals surface area contributed by atoms with Crippen LogP contribution in [0.2, 0.25) is 0 Å². The number of amides is 2. The molecule has 0 N–H and O–H groups in total. The van der Waals surface area contributed by atoms with E-state index >= 15 is 0 Å². The molecule has 4 nitrogen and oxygen atoms in total. The summed E-state index contributed by atoms with van der Waals surface area (Å²) in [7, 11) is 0. The summed E-state index contributed by atoms with van der Waals surface area (Å²) < 4.78 is 5.08. The molecule has 0 bridgehead atoms. The Bertz CT molecular complexity index is 712. The van der Waals surface area contributed by atoms with E-state index in [2.05, 4.69) is 0 Å². The highest BCUT2D eigenvalue weighted by Crippen LogP contribution is 2.53. The van der Waals surface area contributed by atoms with Gasteiger partial charge in [-0.2, -0.15) is 0 Å². The van der Waals surface area contributed by atoms with Crippen LogP contribution in [0.15, 0.2) is 35.4 Å². The van der Waals surface area contributed by atoms with Gasteiger partial charge in [-0.25, -0.2) is 9.69 Å². The predicted octanol–water partition coefficient (Wildman–Crippen LogP) is 4.17. The number of benzene rings is 1. The number of alkyl halides is 1. The molecule has 0 saturated heterocycles. The van der Waals surface area contributed by atoms with E-state index in [0.29, 0.717) is 18.5 Å². The number of halogens is 1. The first-order valence-corrected chi connectivity index (χ1v) is 8.27. The molecule has 1 heterocycles. The molecule has 1 aliphatic heterocycles. The van der Waals surface area contributed by atoms with E-state index in [9.17, 15) is 9.59 Å². The van der Waals surface area contributed by atoms with Crippen molar-refractivity contribution < 1.29 is 14.3 Å². The summed E-state index contributed by atoms with van der Waals surface area (Å²) in [6.45, 7) is 6.02. The molecule has 1 spiro atoms. The summed E-state index contributed by atoms with van der Waals surface area (Å²) in [5.41, 5.74) is 2.92. The van der Waals surface area contributed by atoms with E-state index in [1.54, 1.807) is 13.0 Å². The maximum absolute atomic E-state index is 13.2. The van der Waals surface area contributed by atoms with Gasteiger partial charge in [0.05, 0.1) is 23.1 Å². The average molecular weight is 334 g/mol. The second-order valence-electron chi connectivity index (χ2n) is 6.24. The molecule has 2 aliphatic rings. The van der Waals surface area contributed by atoms with Crippen molar-refractivity contribution in [2.45, 2.75) is 44.4 Å². The van der Waals surface area contributed by atoms with Gasteiger partial charge in [0, 0.05) is 0 Å².